The van der Waals surface area contributed by atoms with Gasteiger partial charge in [-0.3, -0.25) is 4.79 Å². The van der Waals surface area contributed by atoms with Crippen LogP contribution in [0, 0.1) is 0 Å². The zero-order valence-electron chi connectivity index (χ0n) is 8.90. The van der Waals surface area contributed by atoms with Crippen LogP contribution in [0.5, 0.6) is 0 Å². The summed E-state index contributed by atoms with van der Waals surface area (Å²) < 4.78 is 0. The van der Waals surface area contributed by atoms with Gasteiger partial charge in [0.25, 0.3) is 0 Å². The van der Waals surface area contributed by atoms with E-state index in [1.165, 1.54) is 4.90 Å². The molecule has 0 saturated carbocycles. The third kappa shape index (κ3) is 4.25. The third-order valence-electron chi connectivity index (χ3n) is 2.27. The van der Waals surface area contributed by atoms with Gasteiger partial charge in [-0.1, -0.05) is 26.2 Å². The van der Waals surface area contributed by atoms with Gasteiger partial charge in [-0.25, -0.2) is 4.79 Å². The quantitative estimate of drug-likeness (QED) is 0.478. The molecule has 0 aromatic rings. The van der Waals surface area contributed by atoms with E-state index in [9.17, 15) is 9.59 Å². The molecule has 0 saturated heterocycles. The number of hydrogen-bond acceptors (Lipinski definition) is 2. The second kappa shape index (κ2) is 7.35. The summed E-state index contributed by atoms with van der Waals surface area (Å²) >= 11 is 0. The molecule has 0 aromatic heterocycles. The summed E-state index contributed by atoms with van der Waals surface area (Å²) in [6.07, 6.45) is 4.10. The van der Waals surface area contributed by atoms with E-state index in [0.717, 1.165) is 19.3 Å². The van der Waals surface area contributed by atoms with Crippen molar-refractivity contribution in [3.05, 3.63) is 0 Å². The van der Waals surface area contributed by atoms with E-state index in [1.807, 2.05) is 0 Å². The number of carboxylic acids is 1. The molecular weight excluding hydrogens is 182 g/mol. The van der Waals surface area contributed by atoms with E-state index in [4.69, 9.17) is 5.11 Å². The first-order valence-electron chi connectivity index (χ1n) is 5.11. The molecule has 0 fully saturated rings. The Morgan fingerprint density at radius 2 is 2.07 bits per heavy atom. The Balaban J connectivity index is 4.13. The van der Waals surface area contributed by atoms with Gasteiger partial charge in [0.2, 0.25) is 6.41 Å². The molecule has 1 atom stereocenters. The third-order valence-corrected chi connectivity index (χ3v) is 2.27. The standard InChI is InChI=1S/C10H19NO3/c1-3-5-6-7-9(10(13)14)11(4-2)8-12/h8-9H,3-7H2,1-2H3,(H,13,14). The van der Waals surface area contributed by atoms with Gasteiger partial charge in [-0.15, -0.1) is 0 Å². The number of amides is 1. The van der Waals surface area contributed by atoms with Crippen molar-refractivity contribution in [1.29, 1.82) is 0 Å². The fourth-order valence-corrected chi connectivity index (χ4v) is 1.39. The minimum atomic E-state index is -0.907. The smallest absolute Gasteiger partial charge is 0.326 e. The molecule has 82 valence electrons. The van der Waals surface area contributed by atoms with Crippen LogP contribution in [0.1, 0.15) is 39.5 Å². The minimum absolute atomic E-state index is 0.451. The SMILES string of the molecule is CCCCCC(C(=O)O)N(C=O)CC. The molecular formula is C10H19NO3. The Morgan fingerprint density at radius 3 is 2.43 bits per heavy atom. The zero-order valence-corrected chi connectivity index (χ0v) is 8.90. The van der Waals surface area contributed by atoms with Crippen LogP contribution in [0.3, 0.4) is 0 Å². The second-order valence-corrected chi connectivity index (χ2v) is 3.29. The van der Waals surface area contributed by atoms with Crippen LogP contribution < -0.4 is 0 Å². The first-order chi connectivity index (χ1) is 6.67. The predicted octanol–water partition coefficient (Wildman–Crippen LogP) is 1.50. The highest BCUT2D eigenvalue weighted by atomic mass is 16.4. The maximum Gasteiger partial charge on any atom is 0.326 e. The van der Waals surface area contributed by atoms with Crippen molar-refractivity contribution >= 4 is 12.4 Å². The van der Waals surface area contributed by atoms with Crippen molar-refractivity contribution < 1.29 is 14.7 Å². The van der Waals surface area contributed by atoms with Crippen LogP contribution in [-0.2, 0) is 9.59 Å². The second-order valence-electron chi connectivity index (χ2n) is 3.29. The summed E-state index contributed by atoms with van der Waals surface area (Å²) in [5.74, 6) is -0.907. The normalized spacial score (nSPS) is 12.1. The van der Waals surface area contributed by atoms with Crippen molar-refractivity contribution in [3.63, 3.8) is 0 Å². The number of nitrogens with zero attached hydrogens (tertiary/aromatic N) is 1. The summed E-state index contributed by atoms with van der Waals surface area (Å²) in [4.78, 5) is 22.8. The van der Waals surface area contributed by atoms with E-state index in [-0.39, 0.29) is 0 Å². The van der Waals surface area contributed by atoms with Gasteiger partial charge in [0.05, 0.1) is 0 Å². The van der Waals surface area contributed by atoms with E-state index < -0.39 is 12.0 Å². The fraction of sp³-hybridized carbons (Fsp3) is 0.800. The fourth-order valence-electron chi connectivity index (χ4n) is 1.39. The molecule has 0 aromatic carbocycles. The Labute approximate surface area is 84.9 Å². The van der Waals surface area contributed by atoms with Gasteiger partial charge in [0.15, 0.2) is 0 Å². The molecule has 0 bridgehead atoms. The molecule has 1 amide bonds. The van der Waals surface area contributed by atoms with Gasteiger partial charge < -0.3 is 10.0 Å². The Hall–Kier alpha value is -1.06. The molecule has 0 heterocycles. The van der Waals surface area contributed by atoms with Crippen LogP contribution >= 0.6 is 0 Å². The number of carbonyl (C=O) groups is 2. The molecule has 14 heavy (non-hydrogen) atoms. The van der Waals surface area contributed by atoms with Gasteiger partial charge in [0, 0.05) is 6.54 Å². The maximum absolute atomic E-state index is 10.9. The molecule has 1 unspecified atom stereocenters. The lowest BCUT2D eigenvalue weighted by Crippen LogP contribution is -2.40. The number of aliphatic carboxylic acids is 1. The van der Waals surface area contributed by atoms with E-state index in [2.05, 4.69) is 6.92 Å². The summed E-state index contributed by atoms with van der Waals surface area (Å²) in [6, 6.07) is -0.649. The average Bonchev–Trinajstić information content (AvgIpc) is 2.17. The van der Waals surface area contributed by atoms with Crippen LogP contribution in [-0.4, -0.2) is 35.0 Å². The minimum Gasteiger partial charge on any atom is -0.480 e. The first kappa shape index (κ1) is 12.9. The van der Waals surface area contributed by atoms with Crippen molar-refractivity contribution in [2.24, 2.45) is 0 Å². The number of likely N-dealkylation sites (N-methyl/N-ethyl adjacent to an activating group) is 1. The van der Waals surface area contributed by atoms with Gasteiger partial charge in [0.1, 0.15) is 6.04 Å². The molecule has 0 radical (unpaired) electrons. The topological polar surface area (TPSA) is 57.6 Å². The molecule has 0 rings (SSSR count). The lowest BCUT2D eigenvalue weighted by Gasteiger charge is -2.23. The molecule has 0 aliphatic rings. The molecule has 4 heteroatoms. The highest BCUT2D eigenvalue weighted by Crippen LogP contribution is 2.08. The van der Waals surface area contributed by atoms with Crippen molar-refractivity contribution in [1.82, 2.24) is 4.90 Å². The zero-order chi connectivity index (χ0) is 11.0. The van der Waals surface area contributed by atoms with E-state index >= 15 is 0 Å². The largest absolute Gasteiger partial charge is 0.480 e. The van der Waals surface area contributed by atoms with Gasteiger partial charge >= 0.3 is 5.97 Å². The van der Waals surface area contributed by atoms with Crippen LogP contribution in [0.15, 0.2) is 0 Å². The number of unbranched alkanes of at least 4 members (excludes halogenated alkanes) is 2. The first-order valence-corrected chi connectivity index (χ1v) is 5.11. The van der Waals surface area contributed by atoms with Crippen molar-refractivity contribution in [3.8, 4) is 0 Å². The lowest BCUT2D eigenvalue weighted by atomic mass is 10.1. The number of carbonyl (C=O) groups excluding carboxylic acids is 1. The lowest BCUT2D eigenvalue weighted by molar-refractivity contribution is -0.146. The highest BCUT2D eigenvalue weighted by Gasteiger charge is 2.22. The summed E-state index contributed by atoms with van der Waals surface area (Å²) in [5, 5.41) is 8.90. The summed E-state index contributed by atoms with van der Waals surface area (Å²) in [7, 11) is 0. The molecule has 0 aliphatic carbocycles. The van der Waals surface area contributed by atoms with Gasteiger partial charge in [-0.05, 0) is 13.3 Å². The highest BCUT2D eigenvalue weighted by molar-refractivity contribution is 5.76. The van der Waals surface area contributed by atoms with E-state index in [1.54, 1.807) is 6.92 Å². The van der Waals surface area contributed by atoms with Gasteiger partial charge in [-0.2, -0.15) is 0 Å². The molecule has 0 spiro atoms. The van der Waals surface area contributed by atoms with Crippen LogP contribution in [0.2, 0.25) is 0 Å². The Morgan fingerprint density at radius 1 is 1.43 bits per heavy atom. The maximum atomic E-state index is 10.9. The van der Waals surface area contributed by atoms with Crippen LogP contribution in [0.4, 0.5) is 0 Å². The predicted molar refractivity (Wildman–Crippen MR) is 54.0 cm³/mol. The summed E-state index contributed by atoms with van der Waals surface area (Å²) in [5.41, 5.74) is 0. The number of hydrogen-bond donors (Lipinski definition) is 1. The molecule has 0 aliphatic heterocycles. The molecule has 4 nitrogen and oxygen atoms in total. The Kier molecular flexibility index (Phi) is 6.80. The summed E-state index contributed by atoms with van der Waals surface area (Å²) in [6.45, 7) is 4.30. The van der Waals surface area contributed by atoms with E-state index in [0.29, 0.717) is 19.4 Å². The van der Waals surface area contributed by atoms with Crippen molar-refractivity contribution in [2.45, 2.75) is 45.6 Å². The number of carboxylic acid groups (broad SMARTS) is 1. The number of rotatable bonds is 8. The van der Waals surface area contributed by atoms with Crippen molar-refractivity contribution in [2.75, 3.05) is 6.54 Å². The Bertz CT molecular complexity index is 182. The molecule has 1 N–H and O–H groups in total. The monoisotopic (exact) mass is 201 g/mol. The average molecular weight is 201 g/mol. The van der Waals surface area contributed by atoms with Crippen LogP contribution in [0.25, 0.3) is 0 Å².